The van der Waals surface area contributed by atoms with Gasteiger partial charge in [-0.1, -0.05) is 6.07 Å². The van der Waals surface area contributed by atoms with E-state index >= 15 is 0 Å². The van der Waals surface area contributed by atoms with Crippen LogP contribution in [0, 0.1) is 0 Å². The molecule has 0 saturated carbocycles. The lowest BCUT2D eigenvalue weighted by Crippen LogP contribution is -2.22. The Labute approximate surface area is 134 Å². The second-order valence-corrected chi connectivity index (χ2v) is 4.54. The summed E-state index contributed by atoms with van der Waals surface area (Å²) < 4.78 is 15.3. The van der Waals surface area contributed by atoms with Crippen LogP contribution in [0.4, 0.5) is 5.69 Å². The highest BCUT2D eigenvalue weighted by Crippen LogP contribution is 2.16. The molecular formula is C16H19N3O4. The number of esters is 1. The number of nitrogens with zero attached hydrogens (tertiary/aromatic N) is 1. The Balaban J connectivity index is 1.95. The minimum Gasteiger partial charge on any atom is -0.497 e. The Morgan fingerprint density at radius 1 is 1.35 bits per heavy atom. The van der Waals surface area contributed by atoms with Gasteiger partial charge in [0, 0.05) is 11.8 Å². The highest BCUT2D eigenvalue weighted by molar-refractivity contribution is 5.92. The highest BCUT2D eigenvalue weighted by atomic mass is 16.5. The quantitative estimate of drug-likeness (QED) is 0.482. The molecule has 3 N–H and O–H groups in total. The number of ether oxygens (including phenoxy) is 2. The molecule has 0 bridgehead atoms. The molecule has 0 aliphatic heterocycles. The van der Waals surface area contributed by atoms with Gasteiger partial charge in [-0.15, -0.1) is 0 Å². The van der Waals surface area contributed by atoms with Gasteiger partial charge in [0.05, 0.1) is 13.7 Å². The minimum absolute atomic E-state index is 0.149. The van der Waals surface area contributed by atoms with E-state index in [1.807, 2.05) is 18.2 Å². The summed E-state index contributed by atoms with van der Waals surface area (Å²) >= 11 is 0. The van der Waals surface area contributed by atoms with E-state index in [2.05, 4.69) is 10.3 Å². The van der Waals surface area contributed by atoms with Gasteiger partial charge in [0.15, 0.2) is 5.96 Å². The summed E-state index contributed by atoms with van der Waals surface area (Å²) in [6, 6.07) is 10.5. The molecule has 0 unspecified atom stereocenters. The van der Waals surface area contributed by atoms with Gasteiger partial charge in [0.2, 0.25) is 5.76 Å². The summed E-state index contributed by atoms with van der Waals surface area (Å²) in [5, 5.41) is 2.95. The predicted octanol–water partition coefficient (Wildman–Crippen LogP) is 2.39. The number of nitrogens with one attached hydrogen (secondary N) is 1. The predicted molar refractivity (Wildman–Crippen MR) is 86.6 cm³/mol. The van der Waals surface area contributed by atoms with Crippen molar-refractivity contribution in [2.24, 2.45) is 10.7 Å². The Morgan fingerprint density at radius 2 is 2.17 bits per heavy atom. The molecule has 7 heteroatoms. The normalized spacial score (nSPS) is 11.1. The lowest BCUT2D eigenvalue weighted by molar-refractivity contribution is 0.0488. The van der Waals surface area contributed by atoms with Crippen molar-refractivity contribution in [3.63, 3.8) is 0 Å². The number of carbonyl (C=O) groups is 1. The minimum atomic E-state index is -0.495. The molecule has 23 heavy (non-hydrogen) atoms. The first kappa shape index (κ1) is 16.4. The molecule has 0 amide bonds. The number of rotatable bonds is 6. The van der Waals surface area contributed by atoms with Crippen LogP contribution >= 0.6 is 0 Å². The average molecular weight is 317 g/mol. The molecule has 1 heterocycles. The van der Waals surface area contributed by atoms with Crippen molar-refractivity contribution in [1.82, 2.24) is 0 Å². The van der Waals surface area contributed by atoms with Crippen LogP contribution < -0.4 is 15.8 Å². The Hall–Kier alpha value is -2.96. The number of guanidine groups is 1. The van der Waals surface area contributed by atoms with E-state index in [0.29, 0.717) is 18.1 Å². The van der Waals surface area contributed by atoms with E-state index in [1.165, 1.54) is 0 Å². The third-order valence-electron chi connectivity index (χ3n) is 2.89. The summed E-state index contributed by atoms with van der Waals surface area (Å²) in [6.45, 7) is 2.24. The number of methoxy groups -OCH3 is 1. The van der Waals surface area contributed by atoms with Crippen LogP contribution in [-0.2, 0) is 11.3 Å². The number of benzene rings is 1. The van der Waals surface area contributed by atoms with Crippen molar-refractivity contribution in [1.29, 1.82) is 0 Å². The van der Waals surface area contributed by atoms with E-state index in [9.17, 15) is 4.79 Å². The number of carbonyl (C=O) groups excluding carboxylic acids is 1. The molecule has 2 aromatic rings. The molecule has 0 radical (unpaired) electrons. The van der Waals surface area contributed by atoms with Crippen LogP contribution in [0.5, 0.6) is 5.75 Å². The van der Waals surface area contributed by atoms with Crippen molar-refractivity contribution >= 4 is 17.6 Å². The topological polar surface area (TPSA) is 99.1 Å². The van der Waals surface area contributed by atoms with Crippen LogP contribution in [0.15, 0.2) is 45.8 Å². The molecule has 2 rings (SSSR count). The molecule has 1 aromatic heterocycles. The zero-order chi connectivity index (χ0) is 16.7. The number of hydrogen-bond acceptors (Lipinski definition) is 5. The maximum atomic E-state index is 11.5. The maximum Gasteiger partial charge on any atom is 0.374 e. The van der Waals surface area contributed by atoms with Crippen LogP contribution in [0.1, 0.15) is 23.2 Å². The summed E-state index contributed by atoms with van der Waals surface area (Å²) in [5.74, 6) is 1.12. The standard InChI is InChI=1S/C16H19N3O4/c1-3-22-15(20)14-8-7-13(23-14)10-18-16(17)19-11-5-4-6-12(9-11)21-2/h4-9H,3,10H2,1-2H3,(H3,17,18,19). The van der Waals surface area contributed by atoms with E-state index in [-0.39, 0.29) is 18.3 Å². The van der Waals surface area contributed by atoms with Gasteiger partial charge in [0.1, 0.15) is 18.1 Å². The molecule has 0 saturated heterocycles. The first-order chi connectivity index (χ1) is 11.1. The first-order valence-electron chi connectivity index (χ1n) is 7.09. The van der Waals surface area contributed by atoms with Gasteiger partial charge < -0.3 is 24.9 Å². The van der Waals surface area contributed by atoms with Gasteiger partial charge >= 0.3 is 5.97 Å². The van der Waals surface area contributed by atoms with Gasteiger partial charge in [0.25, 0.3) is 0 Å². The average Bonchev–Trinajstić information content (AvgIpc) is 3.02. The monoisotopic (exact) mass is 317 g/mol. The van der Waals surface area contributed by atoms with E-state index < -0.39 is 5.97 Å². The molecular weight excluding hydrogens is 298 g/mol. The third kappa shape index (κ3) is 4.77. The number of nitrogens with two attached hydrogens (primary N) is 1. The fraction of sp³-hybridized carbons (Fsp3) is 0.250. The van der Waals surface area contributed by atoms with E-state index in [4.69, 9.17) is 19.6 Å². The molecule has 0 aliphatic rings. The van der Waals surface area contributed by atoms with Crippen LogP contribution in [0.3, 0.4) is 0 Å². The number of furan rings is 1. The molecule has 0 spiro atoms. The fourth-order valence-corrected chi connectivity index (χ4v) is 1.83. The van der Waals surface area contributed by atoms with E-state index in [0.717, 1.165) is 5.69 Å². The molecule has 0 fully saturated rings. The van der Waals surface area contributed by atoms with Crippen LogP contribution in [-0.4, -0.2) is 25.6 Å². The van der Waals surface area contributed by atoms with Crippen LogP contribution in [0.25, 0.3) is 0 Å². The summed E-state index contributed by atoms with van der Waals surface area (Å²) in [4.78, 5) is 15.7. The first-order valence-corrected chi connectivity index (χ1v) is 7.09. The van der Waals surface area contributed by atoms with Crippen molar-refractivity contribution in [2.45, 2.75) is 13.5 Å². The molecule has 0 atom stereocenters. The molecule has 0 aliphatic carbocycles. The molecule has 7 nitrogen and oxygen atoms in total. The number of anilines is 1. The zero-order valence-electron chi connectivity index (χ0n) is 13.0. The lowest BCUT2D eigenvalue weighted by Gasteiger charge is -2.06. The lowest BCUT2D eigenvalue weighted by atomic mass is 10.3. The highest BCUT2D eigenvalue weighted by Gasteiger charge is 2.11. The summed E-state index contributed by atoms with van der Waals surface area (Å²) in [7, 11) is 1.59. The number of aliphatic imine (C=N–C) groups is 1. The maximum absolute atomic E-state index is 11.5. The van der Waals surface area contributed by atoms with Gasteiger partial charge in [-0.05, 0) is 31.2 Å². The Kier molecular flexibility index (Phi) is 5.62. The fourth-order valence-electron chi connectivity index (χ4n) is 1.83. The van der Waals surface area contributed by atoms with Gasteiger partial charge in [-0.2, -0.15) is 0 Å². The number of hydrogen-bond donors (Lipinski definition) is 2. The SMILES string of the molecule is CCOC(=O)c1ccc(CN=C(N)Nc2cccc(OC)c2)o1. The van der Waals surface area contributed by atoms with Crippen molar-refractivity contribution in [3.8, 4) is 5.75 Å². The Morgan fingerprint density at radius 3 is 2.91 bits per heavy atom. The molecule has 1 aromatic carbocycles. The summed E-state index contributed by atoms with van der Waals surface area (Å²) in [5.41, 5.74) is 6.59. The largest absolute Gasteiger partial charge is 0.497 e. The van der Waals surface area contributed by atoms with Gasteiger partial charge in [-0.3, -0.25) is 0 Å². The smallest absolute Gasteiger partial charge is 0.374 e. The van der Waals surface area contributed by atoms with Crippen molar-refractivity contribution in [2.75, 3.05) is 19.0 Å². The Bertz CT molecular complexity index is 694. The zero-order valence-corrected chi connectivity index (χ0v) is 13.0. The second kappa shape index (κ2) is 7.88. The summed E-state index contributed by atoms with van der Waals surface area (Å²) in [6.07, 6.45) is 0. The second-order valence-electron chi connectivity index (χ2n) is 4.54. The van der Waals surface area contributed by atoms with E-state index in [1.54, 1.807) is 32.2 Å². The van der Waals surface area contributed by atoms with Crippen LogP contribution in [0.2, 0.25) is 0 Å². The third-order valence-corrected chi connectivity index (χ3v) is 2.89. The van der Waals surface area contributed by atoms with Crippen molar-refractivity contribution in [3.05, 3.63) is 47.9 Å². The molecule has 122 valence electrons. The van der Waals surface area contributed by atoms with Gasteiger partial charge in [-0.25, -0.2) is 9.79 Å². The van der Waals surface area contributed by atoms with Crippen molar-refractivity contribution < 1.29 is 18.7 Å².